The molecule has 5 rings (SSSR count). The number of nitrogens with zero attached hydrogens (tertiary/aromatic N) is 3. The first-order chi connectivity index (χ1) is 21.4. The van der Waals surface area contributed by atoms with Gasteiger partial charge in [0.05, 0.1) is 36.6 Å². The van der Waals surface area contributed by atoms with E-state index in [2.05, 4.69) is 6.92 Å². The normalized spacial score (nSPS) is 14.8. The van der Waals surface area contributed by atoms with E-state index in [1.54, 1.807) is 35.8 Å². The summed E-state index contributed by atoms with van der Waals surface area (Å²) in [5.74, 6) is 1.70. The SMILES string of the molecule is CCCCOc1ccc2ccccc2c1/C=c1/sc2n(c1=O)[C@@H](c1cc(OC)ccc1OC)C(C(=O)N(CC)CC)=C(C)N=2. The Morgan fingerprint density at radius 3 is 2.48 bits per heavy atom. The van der Waals surface area contributed by atoms with E-state index in [1.165, 1.54) is 11.3 Å². The van der Waals surface area contributed by atoms with E-state index in [-0.39, 0.29) is 11.5 Å². The molecule has 0 saturated carbocycles. The molecule has 4 aromatic rings. The van der Waals surface area contributed by atoms with Gasteiger partial charge in [0.1, 0.15) is 23.3 Å². The number of benzene rings is 3. The van der Waals surface area contributed by atoms with E-state index in [0.29, 0.717) is 57.4 Å². The Morgan fingerprint density at radius 2 is 1.77 bits per heavy atom. The molecule has 9 heteroatoms. The minimum absolute atomic E-state index is 0.166. The van der Waals surface area contributed by atoms with E-state index >= 15 is 0 Å². The van der Waals surface area contributed by atoms with Gasteiger partial charge < -0.3 is 19.1 Å². The van der Waals surface area contributed by atoms with E-state index in [0.717, 1.165) is 34.9 Å². The first-order valence-electron chi connectivity index (χ1n) is 15.0. The van der Waals surface area contributed by atoms with E-state index < -0.39 is 6.04 Å². The number of fused-ring (bicyclic) bond motifs is 2. The second-order valence-corrected chi connectivity index (χ2v) is 11.6. The fourth-order valence-corrected chi connectivity index (χ4v) is 6.66. The minimum atomic E-state index is -0.764. The zero-order valence-electron chi connectivity index (χ0n) is 26.2. The molecule has 44 heavy (non-hydrogen) atoms. The number of carbonyl (C=O) groups excluding carboxylic acids is 1. The van der Waals surface area contributed by atoms with Crippen molar-refractivity contribution in [2.24, 2.45) is 4.99 Å². The van der Waals surface area contributed by atoms with Gasteiger partial charge in [-0.3, -0.25) is 14.2 Å². The zero-order chi connectivity index (χ0) is 31.4. The fraction of sp³-hybridized carbons (Fsp3) is 0.343. The molecule has 1 atom stereocenters. The fourth-order valence-electron chi connectivity index (χ4n) is 5.63. The Balaban J connectivity index is 1.79. The Labute approximate surface area is 261 Å². The lowest BCUT2D eigenvalue weighted by molar-refractivity contribution is -0.127. The van der Waals surface area contributed by atoms with Gasteiger partial charge >= 0.3 is 0 Å². The zero-order valence-corrected chi connectivity index (χ0v) is 27.0. The summed E-state index contributed by atoms with van der Waals surface area (Å²) in [7, 11) is 3.17. The lowest BCUT2D eigenvalue weighted by atomic mass is 9.93. The molecule has 8 nitrogen and oxygen atoms in total. The van der Waals surface area contributed by atoms with E-state index in [1.807, 2.05) is 69.3 Å². The molecule has 1 aliphatic heterocycles. The second-order valence-electron chi connectivity index (χ2n) is 10.6. The second kappa shape index (κ2) is 13.5. The third kappa shape index (κ3) is 5.76. The number of aromatic nitrogens is 1. The molecule has 0 radical (unpaired) electrons. The molecule has 0 bridgehead atoms. The first-order valence-corrected chi connectivity index (χ1v) is 15.9. The van der Waals surface area contributed by atoms with Crippen molar-refractivity contribution < 1.29 is 19.0 Å². The quantitative estimate of drug-likeness (QED) is 0.210. The largest absolute Gasteiger partial charge is 0.497 e. The van der Waals surface area contributed by atoms with Gasteiger partial charge in [-0.2, -0.15) is 0 Å². The van der Waals surface area contributed by atoms with Crippen molar-refractivity contribution in [2.45, 2.75) is 46.6 Å². The average Bonchev–Trinajstić information content (AvgIpc) is 3.35. The highest BCUT2D eigenvalue weighted by Crippen LogP contribution is 2.38. The summed E-state index contributed by atoms with van der Waals surface area (Å²) in [4.78, 5) is 35.6. The number of likely N-dealkylation sites (N-methyl/N-ethyl adjacent to an activating group) is 1. The molecule has 0 aliphatic carbocycles. The summed E-state index contributed by atoms with van der Waals surface area (Å²) in [5.41, 5.74) is 2.26. The molecule has 1 aromatic heterocycles. The third-order valence-electron chi connectivity index (χ3n) is 8.00. The number of ether oxygens (including phenoxy) is 3. The van der Waals surface area contributed by atoms with Crippen LogP contribution < -0.4 is 29.1 Å². The molecular weight excluding hydrogens is 574 g/mol. The molecule has 3 aromatic carbocycles. The van der Waals surface area contributed by atoms with Gasteiger partial charge in [-0.1, -0.05) is 55.0 Å². The highest BCUT2D eigenvalue weighted by molar-refractivity contribution is 7.07. The van der Waals surface area contributed by atoms with Crippen LogP contribution in [0.1, 0.15) is 57.7 Å². The molecule has 1 aliphatic rings. The first kappa shape index (κ1) is 31.1. The summed E-state index contributed by atoms with van der Waals surface area (Å²) in [6.45, 7) is 9.48. The van der Waals surface area contributed by atoms with E-state index in [9.17, 15) is 9.59 Å². The number of rotatable bonds is 11. The lowest BCUT2D eigenvalue weighted by Crippen LogP contribution is -2.43. The van der Waals surface area contributed by atoms with Crippen LogP contribution in [0.15, 0.2) is 75.7 Å². The highest BCUT2D eigenvalue weighted by atomic mass is 32.1. The Morgan fingerprint density at radius 1 is 1.02 bits per heavy atom. The van der Waals surface area contributed by atoms with Gasteiger partial charge in [-0.15, -0.1) is 0 Å². The predicted molar refractivity (Wildman–Crippen MR) is 176 cm³/mol. The maximum absolute atomic E-state index is 14.5. The maximum atomic E-state index is 14.5. The summed E-state index contributed by atoms with van der Waals surface area (Å²) < 4.78 is 19.7. The molecule has 2 heterocycles. The number of hydrogen-bond donors (Lipinski definition) is 0. The van der Waals surface area contributed by atoms with Gasteiger partial charge in [0.15, 0.2) is 4.80 Å². The number of amides is 1. The van der Waals surface area contributed by atoms with Crippen molar-refractivity contribution in [3.05, 3.63) is 96.7 Å². The average molecular weight is 614 g/mol. The van der Waals surface area contributed by atoms with Crippen molar-refractivity contribution in [2.75, 3.05) is 33.9 Å². The molecule has 0 spiro atoms. The van der Waals surface area contributed by atoms with Crippen molar-refractivity contribution in [1.29, 1.82) is 0 Å². The Bertz CT molecular complexity index is 1900. The summed E-state index contributed by atoms with van der Waals surface area (Å²) in [6, 6.07) is 16.8. The van der Waals surface area contributed by atoms with Crippen LogP contribution in [0.4, 0.5) is 0 Å². The summed E-state index contributed by atoms with van der Waals surface area (Å²) in [5, 5.41) is 2.04. The number of thiazole rings is 1. The van der Waals surface area contributed by atoms with Crippen molar-refractivity contribution >= 4 is 34.1 Å². The summed E-state index contributed by atoms with van der Waals surface area (Å²) >= 11 is 1.30. The molecule has 230 valence electrons. The highest BCUT2D eigenvalue weighted by Gasteiger charge is 2.36. The lowest BCUT2D eigenvalue weighted by Gasteiger charge is -2.30. The van der Waals surface area contributed by atoms with Gasteiger partial charge in [0.25, 0.3) is 11.5 Å². The van der Waals surface area contributed by atoms with Crippen LogP contribution in [0.5, 0.6) is 17.2 Å². The Hall–Kier alpha value is -4.37. The maximum Gasteiger partial charge on any atom is 0.271 e. The van der Waals surface area contributed by atoms with Crippen LogP contribution in [0.2, 0.25) is 0 Å². The smallest absolute Gasteiger partial charge is 0.271 e. The van der Waals surface area contributed by atoms with Crippen LogP contribution in [-0.2, 0) is 4.79 Å². The number of unbranched alkanes of at least 4 members (excludes halogenated alkanes) is 1. The minimum Gasteiger partial charge on any atom is -0.497 e. The molecule has 0 unspecified atom stereocenters. The van der Waals surface area contributed by atoms with Gasteiger partial charge in [0.2, 0.25) is 0 Å². The summed E-state index contributed by atoms with van der Waals surface area (Å²) in [6.07, 6.45) is 3.85. The molecule has 1 amide bonds. The van der Waals surface area contributed by atoms with Crippen LogP contribution in [-0.4, -0.2) is 49.3 Å². The van der Waals surface area contributed by atoms with Crippen molar-refractivity contribution in [1.82, 2.24) is 9.47 Å². The monoisotopic (exact) mass is 613 g/mol. The standard InChI is InChI=1S/C35H39N3O5S/c1-7-10-19-43-29-17-15-23-13-11-12-14-25(23)26(29)21-30-33(39)38-32(27-20-24(41-5)16-18-28(27)42-6)31(22(4)36-35(38)44-30)34(40)37(8-2)9-3/h11-18,20-21,32H,7-10,19H2,1-6H3/b30-21+/t32-/m0/s1. The number of allylic oxidation sites excluding steroid dienone is 1. The number of hydrogen-bond acceptors (Lipinski definition) is 7. The van der Waals surface area contributed by atoms with Crippen LogP contribution >= 0.6 is 11.3 Å². The molecule has 0 fully saturated rings. The molecule has 0 saturated heterocycles. The van der Waals surface area contributed by atoms with E-state index in [4.69, 9.17) is 19.2 Å². The number of methoxy groups -OCH3 is 2. The van der Waals surface area contributed by atoms with Gasteiger partial charge in [-0.25, -0.2) is 4.99 Å². The van der Waals surface area contributed by atoms with Gasteiger partial charge in [0, 0.05) is 24.2 Å². The van der Waals surface area contributed by atoms with Crippen LogP contribution in [0.3, 0.4) is 0 Å². The third-order valence-corrected chi connectivity index (χ3v) is 8.98. The van der Waals surface area contributed by atoms with Gasteiger partial charge in [-0.05, 0) is 68.3 Å². The van der Waals surface area contributed by atoms with Crippen LogP contribution in [0.25, 0.3) is 16.8 Å². The predicted octanol–water partition coefficient (Wildman–Crippen LogP) is 5.45. The molecule has 0 N–H and O–H groups in total. The van der Waals surface area contributed by atoms with Crippen molar-refractivity contribution in [3.8, 4) is 17.2 Å². The van der Waals surface area contributed by atoms with Crippen molar-refractivity contribution in [3.63, 3.8) is 0 Å². The number of carbonyl (C=O) groups is 1. The topological polar surface area (TPSA) is 82.4 Å². The Kier molecular flexibility index (Phi) is 9.54. The molecular formula is C35H39N3O5S. The van der Waals surface area contributed by atoms with Crippen LogP contribution in [0, 0.1) is 0 Å².